The minimum atomic E-state index is 0.0966. The lowest BCUT2D eigenvalue weighted by atomic mass is 9.43. The van der Waals surface area contributed by atoms with Crippen molar-refractivity contribution in [3.63, 3.8) is 0 Å². The molecule has 4 fully saturated rings. The van der Waals surface area contributed by atoms with E-state index < -0.39 is 0 Å². The van der Waals surface area contributed by atoms with Gasteiger partial charge in [-0.15, -0.1) is 0 Å². The molecular formula is C60H57N. The largest absolute Gasteiger partial charge is 0.310 e. The van der Waals surface area contributed by atoms with Gasteiger partial charge in [0.1, 0.15) is 0 Å². The van der Waals surface area contributed by atoms with Gasteiger partial charge in [-0.3, -0.25) is 0 Å². The second-order valence-electron chi connectivity index (χ2n) is 20.9. The highest BCUT2D eigenvalue weighted by atomic mass is 15.1. The third-order valence-electron chi connectivity index (χ3n) is 16.5. The molecule has 302 valence electrons. The Morgan fingerprint density at radius 2 is 0.885 bits per heavy atom. The van der Waals surface area contributed by atoms with Gasteiger partial charge in [-0.2, -0.15) is 0 Å². The first-order valence-corrected chi connectivity index (χ1v) is 23.2. The molecule has 1 heteroatoms. The van der Waals surface area contributed by atoms with E-state index in [1.165, 1.54) is 118 Å². The van der Waals surface area contributed by atoms with Crippen LogP contribution < -0.4 is 4.90 Å². The van der Waals surface area contributed by atoms with Crippen LogP contribution in [0.4, 0.5) is 17.1 Å². The van der Waals surface area contributed by atoms with Gasteiger partial charge < -0.3 is 4.90 Å². The van der Waals surface area contributed by atoms with Gasteiger partial charge in [0.05, 0.1) is 0 Å². The number of hydrogen-bond donors (Lipinski definition) is 0. The van der Waals surface area contributed by atoms with Crippen LogP contribution in [0.1, 0.15) is 94.9 Å². The molecular weight excluding hydrogens is 735 g/mol. The molecule has 61 heavy (non-hydrogen) atoms. The quantitative estimate of drug-likeness (QED) is 0.162. The summed E-state index contributed by atoms with van der Waals surface area (Å²) in [5, 5.41) is 0. The predicted molar refractivity (Wildman–Crippen MR) is 256 cm³/mol. The lowest BCUT2D eigenvalue weighted by Gasteiger charge is -2.61. The minimum Gasteiger partial charge on any atom is -0.310 e. The van der Waals surface area contributed by atoms with Crippen LogP contribution in [0.5, 0.6) is 0 Å². The summed E-state index contributed by atoms with van der Waals surface area (Å²) >= 11 is 0. The first kappa shape index (κ1) is 37.1. The summed E-state index contributed by atoms with van der Waals surface area (Å²) in [6, 6.07) is 62.8. The zero-order valence-corrected chi connectivity index (χ0v) is 36.3. The van der Waals surface area contributed by atoms with Crippen molar-refractivity contribution < 1.29 is 0 Å². The molecule has 7 aromatic rings. The van der Waals surface area contributed by atoms with Crippen LogP contribution in [-0.2, 0) is 16.2 Å². The molecule has 13 rings (SSSR count). The Kier molecular flexibility index (Phi) is 8.32. The van der Waals surface area contributed by atoms with Gasteiger partial charge in [-0.1, -0.05) is 143 Å². The molecule has 7 aromatic carbocycles. The molecule has 0 unspecified atom stereocenters. The average molecular weight is 792 g/mol. The second-order valence-corrected chi connectivity index (χ2v) is 20.9. The van der Waals surface area contributed by atoms with Crippen molar-refractivity contribution in [1.82, 2.24) is 0 Å². The molecule has 6 aliphatic rings. The zero-order valence-electron chi connectivity index (χ0n) is 36.3. The smallest absolute Gasteiger partial charge is 0.0473 e. The van der Waals surface area contributed by atoms with Gasteiger partial charge in [-0.05, 0) is 195 Å². The number of fused-ring (bicyclic) bond motifs is 4. The molecule has 0 heterocycles. The van der Waals surface area contributed by atoms with Crippen LogP contribution in [0.2, 0.25) is 0 Å². The van der Waals surface area contributed by atoms with Gasteiger partial charge in [-0.25, -0.2) is 0 Å². The molecule has 1 spiro atoms. The van der Waals surface area contributed by atoms with Gasteiger partial charge in [0.15, 0.2) is 0 Å². The molecule has 0 radical (unpaired) electrons. The molecule has 0 amide bonds. The van der Waals surface area contributed by atoms with Crippen LogP contribution in [0.15, 0.2) is 164 Å². The second kappa shape index (κ2) is 13.7. The summed E-state index contributed by atoms with van der Waals surface area (Å²) in [5.74, 6) is 3.40. The summed E-state index contributed by atoms with van der Waals surface area (Å²) in [6.45, 7) is 9.73. The van der Waals surface area contributed by atoms with Crippen LogP contribution in [0, 0.1) is 23.7 Å². The van der Waals surface area contributed by atoms with Crippen molar-refractivity contribution in [2.45, 2.75) is 88.9 Å². The maximum Gasteiger partial charge on any atom is 0.0473 e. The maximum atomic E-state index is 2.63. The molecule has 0 aliphatic heterocycles. The van der Waals surface area contributed by atoms with Crippen molar-refractivity contribution in [3.8, 4) is 44.5 Å². The minimum absolute atomic E-state index is 0.0966. The molecule has 0 N–H and O–H groups in total. The Labute approximate surface area is 363 Å². The Bertz CT molecular complexity index is 2720. The molecule has 0 atom stereocenters. The Hall–Kier alpha value is -5.66. The Morgan fingerprint density at radius 1 is 0.361 bits per heavy atom. The SMILES string of the molecule is CC1(C)CCC(C)(C)c2cc(N(c3ccc(-c4ccc5c(c4)C4(c6ccccc6-5)C5CC6CC(C5)CC4C6)cc3)c3cc(-c4ccccc4)cc(-c4ccccc4)c3)ccc21. The summed E-state index contributed by atoms with van der Waals surface area (Å²) in [7, 11) is 0. The van der Waals surface area contributed by atoms with E-state index in [9.17, 15) is 0 Å². The van der Waals surface area contributed by atoms with Crippen molar-refractivity contribution in [1.29, 1.82) is 0 Å². The van der Waals surface area contributed by atoms with E-state index in [2.05, 4.69) is 196 Å². The van der Waals surface area contributed by atoms with Gasteiger partial charge in [0, 0.05) is 22.5 Å². The topological polar surface area (TPSA) is 3.24 Å². The lowest BCUT2D eigenvalue weighted by molar-refractivity contribution is -0.0399. The number of benzene rings is 7. The van der Waals surface area contributed by atoms with E-state index in [0.717, 1.165) is 23.7 Å². The number of anilines is 3. The highest BCUT2D eigenvalue weighted by molar-refractivity contribution is 5.88. The summed E-state index contributed by atoms with van der Waals surface area (Å²) in [5.41, 5.74) is 20.7. The van der Waals surface area contributed by atoms with E-state index in [-0.39, 0.29) is 16.2 Å². The summed E-state index contributed by atoms with van der Waals surface area (Å²) in [6.07, 6.45) is 9.49. The predicted octanol–water partition coefficient (Wildman–Crippen LogP) is 16.2. The fourth-order valence-electron chi connectivity index (χ4n) is 13.6. The number of nitrogens with zero attached hydrogens (tertiary/aromatic N) is 1. The fourth-order valence-corrected chi connectivity index (χ4v) is 13.6. The molecule has 4 bridgehead atoms. The summed E-state index contributed by atoms with van der Waals surface area (Å²) in [4.78, 5) is 2.52. The molecule has 0 saturated heterocycles. The van der Waals surface area contributed by atoms with Crippen LogP contribution >= 0.6 is 0 Å². The van der Waals surface area contributed by atoms with Crippen molar-refractivity contribution in [3.05, 3.63) is 186 Å². The third-order valence-corrected chi connectivity index (χ3v) is 16.5. The molecule has 6 aliphatic carbocycles. The summed E-state index contributed by atoms with van der Waals surface area (Å²) < 4.78 is 0. The van der Waals surface area contributed by atoms with Crippen LogP contribution in [0.3, 0.4) is 0 Å². The van der Waals surface area contributed by atoms with E-state index in [1.807, 2.05) is 0 Å². The monoisotopic (exact) mass is 791 g/mol. The number of rotatable bonds is 6. The Balaban J connectivity index is 1.00. The van der Waals surface area contributed by atoms with Crippen molar-refractivity contribution in [2.24, 2.45) is 23.7 Å². The maximum absolute atomic E-state index is 2.63. The van der Waals surface area contributed by atoms with E-state index in [4.69, 9.17) is 0 Å². The van der Waals surface area contributed by atoms with Crippen molar-refractivity contribution in [2.75, 3.05) is 4.90 Å². The Morgan fingerprint density at radius 3 is 1.52 bits per heavy atom. The zero-order chi connectivity index (χ0) is 41.1. The van der Waals surface area contributed by atoms with Crippen molar-refractivity contribution >= 4 is 17.1 Å². The van der Waals surface area contributed by atoms with Gasteiger partial charge in [0.2, 0.25) is 0 Å². The highest BCUT2D eigenvalue weighted by Crippen LogP contribution is 2.69. The van der Waals surface area contributed by atoms with E-state index in [0.29, 0.717) is 0 Å². The fraction of sp³-hybridized carbons (Fsp3) is 0.300. The third kappa shape index (κ3) is 5.79. The van der Waals surface area contributed by atoms with Gasteiger partial charge in [0.25, 0.3) is 0 Å². The molecule has 4 saturated carbocycles. The lowest BCUT2D eigenvalue weighted by Crippen LogP contribution is -2.55. The molecule has 1 nitrogen and oxygen atoms in total. The van der Waals surface area contributed by atoms with E-state index in [1.54, 1.807) is 11.1 Å². The van der Waals surface area contributed by atoms with E-state index >= 15 is 0 Å². The normalized spacial score (nSPS) is 24.6. The molecule has 0 aromatic heterocycles. The van der Waals surface area contributed by atoms with Crippen LogP contribution in [0.25, 0.3) is 44.5 Å². The van der Waals surface area contributed by atoms with Crippen LogP contribution in [-0.4, -0.2) is 0 Å². The first-order valence-electron chi connectivity index (χ1n) is 23.2. The first-order chi connectivity index (χ1) is 29.7. The standard InChI is InChI=1S/C60H57N/c1-58(2)27-28-59(3,4)57-38-50(24-26-55(57)58)61(51-35-45(41-13-7-5-8-14-41)34-46(36-51)42-15-9-6-10-16-42)49-22-19-43(20-23-49)44-21-25-53-52-17-11-12-18-54(52)60(56(53)37-44)47-30-39-29-40(32-47)33-48(60)31-39/h5-26,34-40,47-48H,27-33H2,1-4H3. The highest BCUT2D eigenvalue weighted by Gasteiger charge is 2.61. The number of hydrogen-bond acceptors (Lipinski definition) is 1. The average Bonchev–Trinajstić information content (AvgIpc) is 3.58. The van der Waals surface area contributed by atoms with Gasteiger partial charge >= 0.3 is 0 Å².